The third kappa shape index (κ3) is 4.29. The molecule has 1 fully saturated rings. The topological polar surface area (TPSA) is 41.6 Å². The standard InChI is InChI=1S/C17H26N2O2/c1-3-14-6-8-15(9-7-14)16(17(20)21-4-2)19-12-5-10-18-11-13-19/h6-9,16,18H,3-5,10-13H2,1-2H3. The van der Waals surface area contributed by atoms with Crippen LogP contribution in [0.25, 0.3) is 0 Å². The second-order valence-electron chi connectivity index (χ2n) is 5.39. The number of ether oxygens (including phenoxy) is 1. The molecule has 2 rings (SSSR count). The van der Waals surface area contributed by atoms with Gasteiger partial charge in [-0.2, -0.15) is 0 Å². The fraction of sp³-hybridized carbons (Fsp3) is 0.588. The molecule has 0 saturated carbocycles. The number of carbonyl (C=O) groups excluding carboxylic acids is 1. The molecule has 1 aliphatic rings. The largest absolute Gasteiger partial charge is 0.465 e. The van der Waals surface area contributed by atoms with Crippen molar-refractivity contribution in [3.05, 3.63) is 35.4 Å². The summed E-state index contributed by atoms with van der Waals surface area (Å²) in [6.07, 6.45) is 2.07. The van der Waals surface area contributed by atoms with Crippen LogP contribution in [0, 0.1) is 0 Å². The molecule has 0 spiro atoms. The van der Waals surface area contributed by atoms with Gasteiger partial charge in [0.2, 0.25) is 0 Å². The molecule has 4 nitrogen and oxygen atoms in total. The van der Waals surface area contributed by atoms with E-state index in [0.717, 1.165) is 44.6 Å². The molecule has 1 unspecified atom stereocenters. The normalized spacial score (nSPS) is 18.0. The Hall–Kier alpha value is -1.39. The zero-order valence-electron chi connectivity index (χ0n) is 13.1. The number of aryl methyl sites for hydroxylation is 1. The van der Waals surface area contributed by atoms with Gasteiger partial charge >= 0.3 is 5.97 Å². The Kier molecular flexibility index (Phi) is 6.21. The van der Waals surface area contributed by atoms with Crippen molar-refractivity contribution < 1.29 is 9.53 Å². The summed E-state index contributed by atoms with van der Waals surface area (Å²) in [6, 6.07) is 8.07. The number of hydrogen-bond acceptors (Lipinski definition) is 4. The Labute approximate surface area is 127 Å². The van der Waals surface area contributed by atoms with Crippen LogP contribution in [-0.2, 0) is 16.0 Å². The first-order valence-corrected chi connectivity index (χ1v) is 7.96. The highest BCUT2D eigenvalue weighted by molar-refractivity contribution is 5.77. The van der Waals surface area contributed by atoms with Crippen LogP contribution >= 0.6 is 0 Å². The molecular weight excluding hydrogens is 264 g/mol. The van der Waals surface area contributed by atoms with Gasteiger partial charge < -0.3 is 10.1 Å². The second kappa shape index (κ2) is 8.15. The Balaban J connectivity index is 2.22. The summed E-state index contributed by atoms with van der Waals surface area (Å²) < 4.78 is 5.31. The summed E-state index contributed by atoms with van der Waals surface area (Å²) in [5.74, 6) is -0.136. The average Bonchev–Trinajstić information content (AvgIpc) is 2.78. The van der Waals surface area contributed by atoms with E-state index in [1.165, 1.54) is 5.56 Å². The van der Waals surface area contributed by atoms with Gasteiger partial charge in [-0.25, -0.2) is 4.79 Å². The molecule has 1 aromatic carbocycles. The lowest BCUT2D eigenvalue weighted by Gasteiger charge is -2.29. The number of benzene rings is 1. The van der Waals surface area contributed by atoms with Gasteiger partial charge in [-0.1, -0.05) is 31.2 Å². The molecule has 0 aromatic heterocycles. The Morgan fingerprint density at radius 1 is 1.24 bits per heavy atom. The van der Waals surface area contributed by atoms with Crippen LogP contribution < -0.4 is 5.32 Å². The van der Waals surface area contributed by atoms with Crippen LogP contribution in [0.1, 0.15) is 37.4 Å². The predicted molar refractivity (Wildman–Crippen MR) is 84.3 cm³/mol. The fourth-order valence-corrected chi connectivity index (χ4v) is 2.78. The molecule has 21 heavy (non-hydrogen) atoms. The van der Waals surface area contributed by atoms with Gasteiger partial charge in [-0.05, 0) is 37.4 Å². The van der Waals surface area contributed by atoms with Crippen LogP contribution in [0.5, 0.6) is 0 Å². The monoisotopic (exact) mass is 290 g/mol. The van der Waals surface area contributed by atoms with Gasteiger partial charge in [-0.3, -0.25) is 4.90 Å². The molecule has 116 valence electrons. The predicted octanol–water partition coefficient (Wildman–Crippen LogP) is 2.15. The van der Waals surface area contributed by atoms with Crippen molar-refractivity contribution in [1.82, 2.24) is 10.2 Å². The molecular formula is C17H26N2O2. The third-order valence-electron chi connectivity index (χ3n) is 3.95. The minimum atomic E-state index is -0.282. The third-order valence-corrected chi connectivity index (χ3v) is 3.95. The van der Waals surface area contributed by atoms with Crippen LogP contribution in [-0.4, -0.2) is 43.7 Å². The molecule has 1 saturated heterocycles. The minimum absolute atomic E-state index is 0.136. The summed E-state index contributed by atoms with van der Waals surface area (Å²) in [5, 5.41) is 3.38. The number of nitrogens with zero attached hydrogens (tertiary/aromatic N) is 1. The highest BCUT2D eigenvalue weighted by Gasteiger charge is 2.29. The fourth-order valence-electron chi connectivity index (χ4n) is 2.78. The summed E-state index contributed by atoms with van der Waals surface area (Å²) in [5.41, 5.74) is 2.33. The minimum Gasteiger partial charge on any atom is -0.465 e. The zero-order valence-corrected chi connectivity index (χ0v) is 13.1. The van der Waals surface area contributed by atoms with Gasteiger partial charge in [0, 0.05) is 19.6 Å². The first kappa shape index (κ1) is 16.0. The molecule has 0 amide bonds. The van der Waals surface area contributed by atoms with E-state index >= 15 is 0 Å². The van der Waals surface area contributed by atoms with E-state index < -0.39 is 0 Å². The van der Waals surface area contributed by atoms with Crippen molar-refractivity contribution in [1.29, 1.82) is 0 Å². The van der Waals surface area contributed by atoms with Crippen LogP contribution in [0.15, 0.2) is 24.3 Å². The molecule has 1 aromatic rings. The number of esters is 1. The van der Waals surface area contributed by atoms with Gasteiger partial charge in [0.15, 0.2) is 0 Å². The highest BCUT2D eigenvalue weighted by Crippen LogP contribution is 2.24. The van der Waals surface area contributed by atoms with Gasteiger partial charge in [0.1, 0.15) is 6.04 Å². The maximum Gasteiger partial charge on any atom is 0.328 e. The van der Waals surface area contributed by atoms with Crippen molar-refractivity contribution in [2.24, 2.45) is 0 Å². The van der Waals surface area contributed by atoms with E-state index in [1.807, 2.05) is 6.92 Å². The van der Waals surface area contributed by atoms with Crippen LogP contribution in [0.3, 0.4) is 0 Å². The second-order valence-corrected chi connectivity index (χ2v) is 5.39. The Bertz CT molecular complexity index is 437. The number of carbonyl (C=O) groups is 1. The van der Waals surface area contributed by atoms with E-state index in [4.69, 9.17) is 4.74 Å². The highest BCUT2D eigenvalue weighted by atomic mass is 16.5. The maximum absolute atomic E-state index is 12.4. The number of nitrogens with one attached hydrogen (secondary N) is 1. The van der Waals surface area contributed by atoms with Crippen LogP contribution in [0.2, 0.25) is 0 Å². The first-order chi connectivity index (χ1) is 10.3. The van der Waals surface area contributed by atoms with Gasteiger partial charge in [0.25, 0.3) is 0 Å². The summed E-state index contributed by atoms with van der Waals surface area (Å²) in [6.45, 7) is 8.15. The van der Waals surface area contributed by atoms with Crippen molar-refractivity contribution in [3.63, 3.8) is 0 Å². The summed E-state index contributed by atoms with van der Waals surface area (Å²) in [7, 11) is 0. The lowest BCUT2D eigenvalue weighted by atomic mass is 10.0. The van der Waals surface area contributed by atoms with Crippen molar-refractivity contribution in [2.75, 3.05) is 32.8 Å². The molecule has 0 radical (unpaired) electrons. The van der Waals surface area contributed by atoms with E-state index in [-0.39, 0.29) is 12.0 Å². The van der Waals surface area contributed by atoms with E-state index in [1.54, 1.807) is 0 Å². The average molecular weight is 290 g/mol. The molecule has 1 atom stereocenters. The van der Waals surface area contributed by atoms with Crippen LogP contribution in [0.4, 0.5) is 0 Å². The zero-order chi connectivity index (χ0) is 15.1. The molecule has 4 heteroatoms. The van der Waals surface area contributed by atoms with Gasteiger partial charge in [0.05, 0.1) is 6.61 Å². The Morgan fingerprint density at radius 3 is 2.67 bits per heavy atom. The SMILES string of the molecule is CCOC(=O)C(c1ccc(CC)cc1)N1CCCNCC1. The Morgan fingerprint density at radius 2 is 2.00 bits per heavy atom. The lowest BCUT2D eigenvalue weighted by Crippen LogP contribution is -2.37. The molecule has 0 aliphatic carbocycles. The molecule has 0 bridgehead atoms. The smallest absolute Gasteiger partial charge is 0.328 e. The maximum atomic E-state index is 12.4. The molecule has 1 heterocycles. The van der Waals surface area contributed by atoms with Crippen molar-refractivity contribution in [2.45, 2.75) is 32.7 Å². The van der Waals surface area contributed by atoms with Crippen molar-refractivity contribution in [3.8, 4) is 0 Å². The molecule has 1 N–H and O–H groups in total. The van der Waals surface area contributed by atoms with E-state index in [0.29, 0.717) is 6.61 Å². The first-order valence-electron chi connectivity index (χ1n) is 7.96. The molecule has 1 aliphatic heterocycles. The lowest BCUT2D eigenvalue weighted by molar-refractivity contribution is -0.149. The van der Waals surface area contributed by atoms with Gasteiger partial charge in [-0.15, -0.1) is 0 Å². The van der Waals surface area contributed by atoms with Crippen molar-refractivity contribution >= 4 is 5.97 Å². The summed E-state index contributed by atoms with van der Waals surface area (Å²) in [4.78, 5) is 14.7. The summed E-state index contributed by atoms with van der Waals surface area (Å²) >= 11 is 0. The van der Waals surface area contributed by atoms with E-state index in [9.17, 15) is 4.79 Å². The number of rotatable bonds is 5. The van der Waals surface area contributed by atoms with E-state index in [2.05, 4.69) is 41.4 Å². The number of hydrogen-bond donors (Lipinski definition) is 1. The quantitative estimate of drug-likeness (QED) is 0.844.